The van der Waals surface area contributed by atoms with Gasteiger partial charge in [-0.05, 0) is 24.5 Å². The molecule has 0 radical (unpaired) electrons. The standard InChI is InChI=1S/C10H11ClO2S/c1-7-4-2-3-5-8(7)9-6-10(9)14(11,12)13/h2-5,9-10H,6H2,1H3. The number of rotatable bonds is 2. The van der Waals surface area contributed by atoms with Crippen LogP contribution in [-0.4, -0.2) is 13.7 Å². The van der Waals surface area contributed by atoms with Crippen LogP contribution >= 0.6 is 10.7 Å². The van der Waals surface area contributed by atoms with Crippen LogP contribution in [0.1, 0.15) is 23.5 Å². The van der Waals surface area contributed by atoms with E-state index in [1.807, 2.05) is 31.2 Å². The first-order valence-electron chi connectivity index (χ1n) is 4.49. The zero-order valence-corrected chi connectivity index (χ0v) is 9.35. The van der Waals surface area contributed by atoms with Gasteiger partial charge in [-0.1, -0.05) is 24.3 Å². The summed E-state index contributed by atoms with van der Waals surface area (Å²) >= 11 is 0. The SMILES string of the molecule is Cc1ccccc1C1CC1S(=O)(=O)Cl. The van der Waals surface area contributed by atoms with Crippen LogP contribution in [0.2, 0.25) is 0 Å². The fraction of sp³-hybridized carbons (Fsp3) is 0.400. The molecular weight excluding hydrogens is 220 g/mol. The fourth-order valence-electron chi connectivity index (χ4n) is 1.81. The van der Waals surface area contributed by atoms with Crippen molar-refractivity contribution in [3.63, 3.8) is 0 Å². The van der Waals surface area contributed by atoms with E-state index < -0.39 is 9.05 Å². The second kappa shape index (κ2) is 3.24. The molecule has 0 spiro atoms. The third-order valence-corrected chi connectivity index (χ3v) is 4.61. The molecule has 14 heavy (non-hydrogen) atoms. The quantitative estimate of drug-likeness (QED) is 0.732. The average molecular weight is 231 g/mol. The molecule has 2 atom stereocenters. The fourth-order valence-corrected chi connectivity index (χ4v) is 3.38. The number of halogens is 1. The molecule has 1 aromatic carbocycles. The lowest BCUT2D eigenvalue weighted by Crippen LogP contribution is -2.00. The maximum Gasteiger partial charge on any atom is 0.236 e. The normalized spacial score (nSPS) is 26.1. The smallest absolute Gasteiger partial charge is 0.212 e. The van der Waals surface area contributed by atoms with Gasteiger partial charge >= 0.3 is 0 Å². The van der Waals surface area contributed by atoms with Gasteiger partial charge in [-0.3, -0.25) is 0 Å². The Bertz CT molecular complexity index is 453. The van der Waals surface area contributed by atoms with Gasteiger partial charge in [0.2, 0.25) is 9.05 Å². The molecule has 2 nitrogen and oxygen atoms in total. The molecule has 1 aromatic rings. The molecule has 2 unspecified atom stereocenters. The summed E-state index contributed by atoms with van der Waals surface area (Å²) in [5, 5.41) is -0.370. The first kappa shape index (κ1) is 9.99. The summed E-state index contributed by atoms with van der Waals surface area (Å²) in [4.78, 5) is 0. The van der Waals surface area contributed by atoms with E-state index in [4.69, 9.17) is 10.7 Å². The lowest BCUT2D eigenvalue weighted by molar-refractivity contribution is 0.607. The highest BCUT2D eigenvalue weighted by atomic mass is 35.7. The maximum atomic E-state index is 11.1. The first-order valence-corrected chi connectivity index (χ1v) is 6.86. The monoisotopic (exact) mass is 230 g/mol. The molecule has 0 aliphatic heterocycles. The third-order valence-electron chi connectivity index (χ3n) is 2.68. The molecule has 76 valence electrons. The summed E-state index contributed by atoms with van der Waals surface area (Å²) in [5.41, 5.74) is 2.25. The van der Waals surface area contributed by atoms with Crippen LogP contribution in [0, 0.1) is 6.92 Å². The van der Waals surface area contributed by atoms with Crippen LogP contribution in [-0.2, 0) is 9.05 Å². The maximum absolute atomic E-state index is 11.1. The Morgan fingerprint density at radius 3 is 2.50 bits per heavy atom. The molecule has 1 aliphatic carbocycles. The minimum atomic E-state index is -3.37. The van der Waals surface area contributed by atoms with Crippen molar-refractivity contribution in [2.24, 2.45) is 0 Å². The topological polar surface area (TPSA) is 34.1 Å². The van der Waals surface area contributed by atoms with Crippen LogP contribution in [0.25, 0.3) is 0 Å². The number of benzene rings is 1. The molecule has 0 heterocycles. The predicted octanol–water partition coefficient (Wildman–Crippen LogP) is 2.42. The van der Waals surface area contributed by atoms with Crippen molar-refractivity contribution in [2.45, 2.75) is 24.5 Å². The Kier molecular flexibility index (Phi) is 2.32. The zero-order chi connectivity index (χ0) is 10.3. The summed E-state index contributed by atoms with van der Waals surface area (Å²) in [6.45, 7) is 1.99. The van der Waals surface area contributed by atoms with E-state index in [0.29, 0.717) is 6.42 Å². The van der Waals surface area contributed by atoms with Crippen molar-refractivity contribution in [2.75, 3.05) is 0 Å². The molecule has 0 amide bonds. The summed E-state index contributed by atoms with van der Waals surface area (Å²) in [7, 11) is 1.93. The van der Waals surface area contributed by atoms with Gasteiger partial charge in [0, 0.05) is 16.6 Å². The van der Waals surface area contributed by atoms with Gasteiger partial charge in [-0.25, -0.2) is 8.42 Å². The van der Waals surface area contributed by atoms with Crippen molar-refractivity contribution >= 4 is 19.7 Å². The lowest BCUT2D eigenvalue weighted by atomic mass is 10.1. The van der Waals surface area contributed by atoms with Gasteiger partial charge in [0.15, 0.2) is 0 Å². The Morgan fingerprint density at radius 1 is 1.36 bits per heavy atom. The molecule has 0 saturated heterocycles. The third kappa shape index (κ3) is 1.79. The minimum absolute atomic E-state index is 0.110. The molecule has 0 bridgehead atoms. The van der Waals surface area contributed by atoms with E-state index in [0.717, 1.165) is 11.1 Å². The molecule has 4 heteroatoms. The molecule has 0 N–H and O–H groups in total. The van der Waals surface area contributed by atoms with Gasteiger partial charge in [-0.2, -0.15) is 0 Å². The Labute approximate surface area is 88.3 Å². The highest BCUT2D eigenvalue weighted by Crippen LogP contribution is 2.48. The second-order valence-corrected chi connectivity index (χ2v) is 6.56. The second-order valence-electron chi connectivity index (χ2n) is 3.71. The molecular formula is C10H11ClO2S. The van der Waals surface area contributed by atoms with E-state index in [1.54, 1.807) is 0 Å². The Morgan fingerprint density at radius 2 is 2.00 bits per heavy atom. The molecule has 1 aliphatic rings. The van der Waals surface area contributed by atoms with Crippen molar-refractivity contribution in [3.05, 3.63) is 35.4 Å². The zero-order valence-electron chi connectivity index (χ0n) is 7.77. The van der Waals surface area contributed by atoms with Gasteiger partial charge in [0.25, 0.3) is 0 Å². The van der Waals surface area contributed by atoms with E-state index >= 15 is 0 Å². The van der Waals surface area contributed by atoms with Gasteiger partial charge in [0.05, 0.1) is 5.25 Å². The van der Waals surface area contributed by atoms with Crippen LogP contribution in [0.15, 0.2) is 24.3 Å². The van der Waals surface area contributed by atoms with Crippen LogP contribution < -0.4 is 0 Å². The summed E-state index contributed by atoms with van der Waals surface area (Å²) < 4.78 is 22.1. The van der Waals surface area contributed by atoms with E-state index in [1.165, 1.54) is 0 Å². The highest BCUT2D eigenvalue weighted by Gasteiger charge is 2.47. The van der Waals surface area contributed by atoms with Crippen LogP contribution in [0.4, 0.5) is 0 Å². The van der Waals surface area contributed by atoms with Gasteiger partial charge < -0.3 is 0 Å². The summed E-state index contributed by atoms with van der Waals surface area (Å²) in [5.74, 6) is 0.110. The molecule has 0 aromatic heterocycles. The highest BCUT2D eigenvalue weighted by molar-refractivity contribution is 8.14. The predicted molar refractivity (Wildman–Crippen MR) is 57.1 cm³/mol. The number of hydrogen-bond donors (Lipinski definition) is 0. The van der Waals surface area contributed by atoms with Crippen molar-refractivity contribution in [3.8, 4) is 0 Å². The van der Waals surface area contributed by atoms with Crippen LogP contribution in [0.5, 0.6) is 0 Å². The number of hydrogen-bond acceptors (Lipinski definition) is 2. The average Bonchev–Trinajstić information content (AvgIpc) is 2.83. The molecule has 1 fully saturated rings. The molecule has 2 rings (SSSR count). The van der Waals surface area contributed by atoms with Gasteiger partial charge in [0.1, 0.15) is 0 Å². The summed E-state index contributed by atoms with van der Waals surface area (Å²) in [6.07, 6.45) is 0.663. The largest absolute Gasteiger partial charge is 0.236 e. The van der Waals surface area contributed by atoms with E-state index in [2.05, 4.69) is 0 Å². The van der Waals surface area contributed by atoms with E-state index in [9.17, 15) is 8.42 Å². The van der Waals surface area contributed by atoms with Crippen molar-refractivity contribution in [1.82, 2.24) is 0 Å². The summed E-state index contributed by atoms with van der Waals surface area (Å²) in [6, 6.07) is 7.84. The van der Waals surface area contributed by atoms with Crippen LogP contribution in [0.3, 0.4) is 0 Å². The lowest BCUT2D eigenvalue weighted by Gasteiger charge is -2.02. The number of aryl methyl sites for hydroxylation is 1. The first-order chi connectivity index (χ1) is 6.50. The Hall–Kier alpha value is -0.540. The molecule has 1 saturated carbocycles. The van der Waals surface area contributed by atoms with Gasteiger partial charge in [-0.15, -0.1) is 0 Å². The van der Waals surface area contributed by atoms with Crippen molar-refractivity contribution < 1.29 is 8.42 Å². The van der Waals surface area contributed by atoms with E-state index in [-0.39, 0.29) is 11.2 Å². The minimum Gasteiger partial charge on any atom is -0.212 e. The Balaban J connectivity index is 2.26. The van der Waals surface area contributed by atoms with Crippen molar-refractivity contribution in [1.29, 1.82) is 0 Å².